The number of nitrogens with zero attached hydrogens (tertiary/aromatic N) is 2. The number of hydrogen-bond acceptors (Lipinski definition) is 6. The van der Waals surface area contributed by atoms with E-state index in [9.17, 15) is 17.2 Å². The van der Waals surface area contributed by atoms with Crippen LogP contribution >= 0.6 is 0 Å². The molecule has 0 unspecified atom stereocenters. The van der Waals surface area contributed by atoms with Gasteiger partial charge in [0.2, 0.25) is 5.82 Å². The monoisotopic (exact) mass is 496 g/mol. The first-order valence-electron chi connectivity index (χ1n) is 10.5. The summed E-state index contributed by atoms with van der Waals surface area (Å²) in [7, 11) is -3.47. The number of sulfone groups is 1. The van der Waals surface area contributed by atoms with Gasteiger partial charge in [0.1, 0.15) is 5.75 Å². The summed E-state index contributed by atoms with van der Waals surface area (Å²) < 4.78 is 63.8. The van der Waals surface area contributed by atoms with Crippen molar-refractivity contribution in [3.05, 3.63) is 78.6 Å². The van der Waals surface area contributed by atoms with Gasteiger partial charge in [-0.25, -0.2) is 17.8 Å². The Bertz CT molecular complexity index is 1620. The molecule has 0 spiro atoms. The van der Waals surface area contributed by atoms with Gasteiger partial charge in [-0.3, -0.25) is 5.10 Å². The molecule has 0 aliphatic heterocycles. The van der Waals surface area contributed by atoms with Crippen LogP contribution in [0.3, 0.4) is 0 Å². The number of fused-ring (bicyclic) bond motifs is 1. The highest BCUT2D eigenvalue weighted by molar-refractivity contribution is 7.91. The standard InChI is InChI=1S/C24H18F2N4O4S/c1-2-35(31,32)23-7-6-15(13-27-23)33-21-11-14-10-19(17-8-9-28-30-17)29-18(14)12-22(21)34-20-5-3-4-16(25)24(20)26/h3-13,29H,2H2,1H3,(H,28,30). The summed E-state index contributed by atoms with van der Waals surface area (Å²) in [5.74, 6) is -2.08. The van der Waals surface area contributed by atoms with Crippen LogP contribution in [0, 0.1) is 11.6 Å². The fraction of sp³-hybridized carbons (Fsp3) is 0.0833. The normalized spacial score (nSPS) is 11.6. The van der Waals surface area contributed by atoms with Crippen LogP contribution in [-0.4, -0.2) is 34.3 Å². The van der Waals surface area contributed by atoms with Crippen molar-refractivity contribution in [1.82, 2.24) is 20.2 Å². The first-order valence-corrected chi connectivity index (χ1v) is 12.1. The van der Waals surface area contributed by atoms with E-state index in [0.717, 1.165) is 22.8 Å². The lowest BCUT2D eigenvalue weighted by atomic mass is 10.2. The molecule has 0 fully saturated rings. The molecule has 5 aromatic rings. The summed E-state index contributed by atoms with van der Waals surface area (Å²) in [6.45, 7) is 1.53. The molecule has 178 valence electrons. The van der Waals surface area contributed by atoms with Crippen LogP contribution in [0.2, 0.25) is 0 Å². The van der Waals surface area contributed by atoms with Crippen molar-refractivity contribution < 1.29 is 26.7 Å². The van der Waals surface area contributed by atoms with Crippen molar-refractivity contribution >= 4 is 20.7 Å². The number of rotatable bonds is 7. The number of pyridine rings is 1. The Kier molecular flexibility index (Phi) is 5.69. The van der Waals surface area contributed by atoms with E-state index in [1.54, 1.807) is 24.4 Å². The number of benzene rings is 2. The predicted octanol–water partition coefficient (Wildman–Crippen LogP) is 5.61. The molecule has 0 aliphatic carbocycles. The average Bonchev–Trinajstić information content (AvgIpc) is 3.52. The number of aromatic nitrogens is 4. The second-order valence-electron chi connectivity index (χ2n) is 7.53. The Labute approximate surface area is 198 Å². The summed E-state index contributed by atoms with van der Waals surface area (Å²) in [6, 6.07) is 13.3. The van der Waals surface area contributed by atoms with Gasteiger partial charge in [0.25, 0.3) is 0 Å². The fourth-order valence-corrected chi connectivity index (χ4v) is 4.20. The molecule has 35 heavy (non-hydrogen) atoms. The zero-order valence-corrected chi connectivity index (χ0v) is 19.1. The number of nitrogens with one attached hydrogen (secondary N) is 2. The van der Waals surface area contributed by atoms with Crippen LogP contribution in [0.25, 0.3) is 22.3 Å². The highest BCUT2D eigenvalue weighted by Crippen LogP contribution is 2.40. The van der Waals surface area contributed by atoms with E-state index in [-0.39, 0.29) is 33.8 Å². The Hall–Kier alpha value is -4.25. The Balaban J connectivity index is 1.57. The Morgan fingerprint density at radius 1 is 0.943 bits per heavy atom. The first kappa shape index (κ1) is 22.5. The molecular weight excluding hydrogens is 478 g/mol. The zero-order valence-electron chi connectivity index (χ0n) is 18.2. The van der Waals surface area contributed by atoms with Crippen molar-refractivity contribution in [2.45, 2.75) is 11.9 Å². The van der Waals surface area contributed by atoms with Crippen LogP contribution < -0.4 is 9.47 Å². The second kappa shape index (κ2) is 8.84. The maximum absolute atomic E-state index is 14.3. The summed E-state index contributed by atoms with van der Waals surface area (Å²) in [5, 5.41) is 7.48. The van der Waals surface area contributed by atoms with Gasteiger partial charge in [-0.15, -0.1) is 0 Å². The zero-order chi connectivity index (χ0) is 24.6. The van der Waals surface area contributed by atoms with Crippen LogP contribution in [0.5, 0.6) is 23.0 Å². The molecule has 8 nitrogen and oxygen atoms in total. The lowest BCUT2D eigenvalue weighted by Crippen LogP contribution is -2.05. The van der Waals surface area contributed by atoms with Crippen molar-refractivity contribution in [3.8, 4) is 34.4 Å². The van der Waals surface area contributed by atoms with Crippen molar-refractivity contribution in [1.29, 1.82) is 0 Å². The van der Waals surface area contributed by atoms with Gasteiger partial charge < -0.3 is 14.5 Å². The van der Waals surface area contributed by atoms with Crippen LogP contribution in [-0.2, 0) is 9.84 Å². The van der Waals surface area contributed by atoms with E-state index in [0.29, 0.717) is 5.52 Å². The molecule has 3 aromatic heterocycles. The van der Waals surface area contributed by atoms with Gasteiger partial charge in [-0.2, -0.15) is 9.49 Å². The molecule has 2 aromatic carbocycles. The highest BCUT2D eigenvalue weighted by atomic mass is 32.2. The molecule has 0 amide bonds. The summed E-state index contributed by atoms with van der Waals surface area (Å²) in [5.41, 5.74) is 2.14. The topological polar surface area (TPSA) is 110 Å². The Morgan fingerprint density at radius 3 is 2.49 bits per heavy atom. The molecule has 0 bridgehead atoms. The van der Waals surface area contributed by atoms with Crippen LogP contribution in [0.1, 0.15) is 6.92 Å². The van der Waals surface area contributed by atoms with Gasteiger partial charge >= 0.3 is 0 Å². The van der Waals surface area contributed by atoms with E-state index in [1.807, 2.05) is 6.07 Å². The van der Waals surface area contributed by atoms with E-state index in [2.05, 4.69) is 20.2 Å². The summed E-state index contributed by atoms with van der Waals surface area (Å²) >= 11 is 0. The third kappa shape index (κ3) is 4.45. The largest absolute Gasteiger partial charge is 0.452 e. The maximum Gasteiger partial charge on any atom is 0.201 e. The molecule has 11 heteroatoms. The highest BCUT2D eigenvalue weighted by Gasteiger charge is 2.18. The minimum Gasteiger partial charge on any atom is -0.452 e. The van der Waals surface area contributed by atoms with Crippen molar-refractivity contribution in [2.24, 2.45) is 0 Å². The first-order chi connectivity index (χ1) is 16.8. The van der Waals surface area contributed by atoms with Gasteiger partial charge in [0.15, 0.2) is 37.9 Å². The number of ether oxygens (including phenoxy) is 2. The van der Waals surface area contributed by atoms with E-state index >= 15 is 0 Å². The minimum absolute atomic E-state index is 0.0732. The molecule has 0 radical (unpaired) electrons. The molecule has 5 rings (SSSR count). The molecule has 3 heterocycles. The molecule has 0 saturated carbocycles. The number of halogens is 2. The van der Waals surface area contributed by atoms with Gasteiger partial charge in [0.05, 0.1) is 23.3 Å². The third-order valence-electron chi connectivity index (χ3n) is 5.25. The molecule has 0 atom stereocenters. The average molecular weight is 496 g/mol. The maximum atomic E-state index is 14.3. The SMILES string of the molecule is CCS(=O)(=O)c1ccc(Oc2cc3cc(-c4ccn[nH]4)[nH]c3cc2Oc2cccc(F)c2F)cn1. The van der Waals surface area contributed by atoms with Gasteiger partial charge in [-0.05, 0) is 42.5 Å². The quantitative estimate of drug-likeness (QED) is 0.303. The van der Waals surface area contributed by atoms with E-state index in [4.69, 9.17) is 9.47 Å². The van der Waals surface area contributed by atoms with Crippen LogP contribution in [0.15, 0.2) is 72.0 Å². The molecule has 0 aliphatic rings. The summed E-state index contributed by atoms with van der Waals surface area (Å²) in [6.07, 6.45) is 2.89. The predicted molar refractivity (Wildman–Crippen MR) is 124 cm³/mol. The number of hydrogen-bond donors (Lipinski definition) is 2. The molecule has 2 N–H and O–H groups in total. The van der Waals surface area contributed by atoms with Gasteiger partial charge in [0, 0.05) is 23.2 Å². The third-order valence-corrected chi connectivity index (χ3v) is 6.89. The van der Waals surface area contributed by atoms with E-state index in [1.165, 1.54) is 37.4 Å². The Morgan fingerprint density at radius 2 is 1.77 bits per heavy atom. The summed E-state index contributed by atoms with van der Waals surface area (Å²) in [4.78, 5) is 7.19. The smallest absolute Gasteiger partial charge is 0.201 e. The number of aromatic amines is 2. The van der Waals surface area contributed by atoms with Crippen molar-refractivity contribution in [3.63, 3.8) is 0 Å². The lowest BCUT2D eigenvalue weighted by molar-refractivity contribution is 0.389. The lowest BCUT2D eigenvalue weighted by Gasteiger charge is -2.13. The molecular formula is C24H18F2N4O4S. The minimum atomic E-state index is -3.47. The van der Waals surface area contributed by atoms with Crippen LogP contribution in [0.4, 0.5) is 8.78 Å². The second-order valence-corrected chi connectivity index (χ2v) is 9.76. The fourth-order valence-electron chi connectivity index (χ4n) is 3.42. The number of H-pyrrole nitrogens is 2. The van der Waals surface area contributed by atoms with E-state index < -0.39 is 21.5 Å². The molecule has 0 saturated heterocycles. The van der Waals surface area contributed by atoms with Gasteiger partial charge in [-0.1, -0.05) is 13.0 Å². The van der Waals surface area contributed by atoms with Crippen molar-refractivity contribution in [2.75, 3.05) is 5.75 Å².